The maximum atomic E-state index is 10.0. The molecule has 5 atom stereocenters. The standard InChI is InChI=1S/C15H22O6/c16-10(6-5-9-3-1-2-4-11(9)17)7-13-15(20)14(19)12(18)8-21-13/h1-4,10,12-20H,5-8H2/t10?,12-,13?,14+,15+/m1/s1. The first-order chi connectivity index (χ1) is 9.99. The van der Waals surface area contributed by atoms with Gasteiger partial charge in [-0.1, -0.05) is 18.2 Å². The zero-order valence-corrected chi connectivity index (χ0v) is 11.7. The molecular weight excluding hydrogens is 276 g/mol. The number of phenolic OH excluding ortho intramolecular Hbond substituents is 1. The molecule has 0 saturated carbocycles. The first kappa shape index (κ1) is 16.2. The lowest BCUT2D eigenvalue weighted by Gasteiger charge is -2.36. The normalized spacial score (nSPS) is 31.0. The van der Waals surface area contributed by atoms with E-state index in [1.54, 1.807) is 18.2 Å². The highest BCUT2D eigenvalue weighted by Gasteiger charge is 2.38. The van der Waals surface area contributed by atoms with Crippen LogP contribution < -0.4 is 0 Å². The Hall–Kier alpha value is -1.18. The number of rotatable bonds is 5. The van der Waals surface area contributed by atoms with Gasteiger partial charge >= 0.3 is 0 Å². The van der Waals surface area contributed by atoms with Crippen molar-refractivity contribution in [2.24, 2.45) is 0 Å². The summed E-state index contributed by atoms with van der Waals surface area (Å²) in [5.74, 6) is 0.192. The quantitative estimate of drug-likeness (QED) is 0.504. The van der Waals surface area contributed by atoms with Gasteiger partial charge in [-0.25, -0.2) is 0 Å². The Balaban J connectivity index is 1.82. The van der Waals surface area contributed by atoms with E-state index in [0.29, 0.717) is 12.8 Å². The predicted octanol–water partition coefficient (Wildman–Crippen LogP) is -0.443. The van der Waals surface area contributed by atoms with E-state index < -0.39 is 30.5 Å². The van der Waals surface area contributed by atoms with Gasteiger partial charge in [-0.05, 0) is 24.5 Å². The van der Waals surface area contributed by atoms with E-state index in [-0.39, 0.29) is 18.8 Å². The summed E-state index contributed by atoms with van der Waals surface area (Å²) in [5, 5.41) is 48.4. The molecule has 5 N–H and O–H groups in total. The number of aromatic hydroxyl groups is 1. The fraction of sp³-hybridized carbons (Fsp3) is 0.600. The van der Waals surface area contributed by atoms with Crippen LogP contribution in [0.3, 0.4) is 0 Å². The second-order valence-electron chi connectivity index (χ2n) is 5.48. The van der Waals surface area contributed by atoms with Crippen molar-refractivity contribution < 1.29 is 30.3 Å². The van der Waals surface area contributed by atoms with Gasteiger partial charge in [-0.15, -0.1) is 0 Å². The first-order valence-corrected chi connectivity index (χ1v) is 7.09. The largest absolute Gasteiger partial charge is 0.508 e. The Morgan fingerprint density at radius 3 is 2.57 bits per heavy atom. The predicted molar refractivity (Wildman–Crippen MR) is 74.8 cm³/mol. The molecule has 1 saturated heterocycles. The molecule has 1 heterocycles. The van der Waals surface area contributed by atoms with Crippen molar-refractivity contribution >= 4 is 0 Å². The number of aryl methyl sites for hydroxylation is 1. The van der Waals surface area contributed by atoms with Gasteiger partial charge in [0.05, 0.1) is 18.8 Å². The minimum absolute atomic E-state index is 0.0604. The van der Waals surface area contributed by atoms with E-state index in [1.165, 1.54) is 0 Å². The monoisotopic (exact) mass is 298 g/mol. The molecule has 1 aliphatic heterocycles. The van der Waals surface area contributed by atoms with Crippen molar-refractivity contribution in [3.05, 3.63) is 29.8 Å². The summed E-state index contributed by atoms with van der Waals surface area (Å²) >= 11 is 0. The molecule has 118 valence electrons. The number of aliphatic hydroxyl groups is 4. The topological polar surface area (TPSA) is 110 Å². The summed E-state index contributed by atoms with van der Waals surface area (Å²) in [4.78, 5) is 0. The number of para-hydroxylation sites is 1. The Morgan fingerprint density at radius 2 is 1.86 bits per heavy atom. The van der Waals surface area contributed by atoms with Gasteiger partial charge in [0.2, 0.25) is 0 Å². The minimum Gasteiger partial charge on any atom is -0.508 e. The highest BCUT2D eigenvalue weighted by Crippen LogP contribution is 2.22. The van der Waals surface area contributed by atoms with Gasteiger partial charge in [-0.3, -0.25) is 0 Å². The molecule has 0 amide bonds. The zero-order valence-electron chi connectivity index (χ0n) is 11.7. The summed E-state index contributed by atoms with van der Waals surface area (Å²) in [5.41, 5.74) is 0.747. The molecule has 0 bridgehead atoms. The maximum Gasteiger partial charge on any atom is 0.118 e. The smallest absolute Gasteiger partial charge is 0.118 e. The third-order valence-corrected chi connectivity index (χ3v) is 3.85. The van der Waals surface area contributed by atoms with Crippen LogP contribution in [0.25, 0.3) is 0 Å². The van der Waals surface area contributed by atoms with Crippen molar-refractivity contribution in [1.82, 2.24) is 0 Å². The molecular formula is C15H22O6. The van der Waals surface area contributed by atoms with Crippen molar-refractivity contribution in [1.29, 1.82) is 0 Å². The SMILES string of the molecule is Oc1ccccc1CCC(O)CC1OC[C@@H](O)[C@H](O)[C@H]1O. The molecule has 2 rings (SSSR count). The van der Waals surface area contributed by atoms with Gasteiger partial charge in [0.15, 0.2) is 0 Å². The molecule has 2 unspecified atom stereocenters. The van der Waals surface area contributed by atoms with Crippen LogP contribution in [0.5, 0.6) is 5.75 Å². The summed E-state index contributed by atoms with van der Waals surface area (Å²) < 4.78 is 5.25. The lowest BCUT2D eigenvalue weighted by Crippen LogP contribution is -2.53. The van der Waals surface area contributed by atoms with Crippen LogP contribution in [0, 0.1) is 0 Å². The number of hydrogen-bond acceptors (Lipinski definition) is 6. The molecule has 21 heavy (non-hydrogen) atoms. The fourth-order valence-electron chi connectivity index (χ4n) is 2.50. The van der Waals surface area contributed by atoms with Crippen LogP contribution in [-0.2, 0) is 11.2 Å². The number of benzene rings is 1. The van der Waals surface area contributed by atoms with Crippen LogP contribution >= 0.6 is 0 Å². The summed E-state index contributed by atoms with van der Waals surface area (Å²) in [6, 6.07) is 6.92. The van der Waals surface area contributed by atoms with Crippen LogP contribution in [-0.4, -0.2) is 62.7 Å². The van der Waals surface area contributed by atoms with E-state index in [1.807, 2.05) is 6.07 Å². The molecule has 6 nitrogen and oxygen atoms in total. The first-order valence-electron chi connectivity index (χ1n) is 7.09. The van der Waals surface area contributed by atoms with Crippen molar-refractivity contribution in [3.63, 3.8) is 0 Å². The molecule has 1 aromatic rings. The lowest BCUT2D eigenvalue weighted by atomic mass is 9.94. The Labute approximate surface area is 123 Å². The van der Waals surface area contributed by atoms with Gasteiger partial charge in [0, 0.05) is 6.42 Å². The van der Waals surface area contributed by atoms with Crippen LogP contribution in [0.2, 0.25) is 0 Å². The van der Waals surface area contributed by atoms with Crippen molar-refractivity contribution in [2.45, 2.75) is 49.8 Å². The van der Waals surface area contributed by atoms with Crippen LogP contribution in [0.15, 0.2) is 24.3 Å². The van der Waals surface area contributed by atoms with E-state index >= 15 is 0 Å². The number of ether oxygens (including phenoxy) is 1. The third kappa shape index (κ3) is 4.15. The number of aliphatic hydroxyl groups excluding tert-OH is 4. The molecule has 1 aliphatic rings. The van der Waals surface area contributed by atoms with Gasteiger partial charge in [0.25, 0.3) is 0 Å². The fourth-order valence-corrected chi connectivity index (χ4v) is 2.50. The van der Waals surface area contributed by atoms with Gasteiger partial charge < -0.3 is 30.3 Å². The lowest BCUT2D eigenvalue weighted by molar-refractivity contribution is -0.193. The van der Waals surface area contributed by atoms with Crippen molar-refractivity contribution in [3.8, 4) is 5.75 Å². The second-order valence-corrected chi connectivity index (χ2v) is 5.48. The number of hydrogen-bond donors (Lipinski definition) is 5. The summed E-state index contributed by atoms with van der Waals surface area (Å²) in [6.45, 7) is -0.0604. The molecule has 6 heteroatoms. The molecule has 1 fully saturated rings. The van der Waals surface area contributed by atoms with Gasteiger partial charge in [0.1, 0.15) is 24.1 Å². The summed E-state index contributed by atoms with van der Waals surface area (Å²) in [7, 11) is 0. The highest BCUT2D eigenvalue weighted by atomic mass is 16.5. The van der Waals surface area contributed by atoms with Crippen LogP contribution in [0.4, 0.5) is 0 Å². The molecule has 1 aromatic carbocycles. The minimum atomic E-state index is -1.26. The Bertz CT molecular complexity index is 452. The van der Waals surface area contributed by atoms with E-state index in [4.69, 9.17) is 4.74 Å². The van der Waals surface area contributed by atoms with Crippen molar-refractivity contribution in [2.75, 3.05) is 6.61 Å². The number of phenols is 1. The summed E-state index contributed by atoms with van der Waals surface area (Å²) in [6.07, 6.45) is -3.94. The zero-order chi connectivity index (χ0) is 15.4. The Morgan fingerprint density at radius 1 is 1.14 bits per heavy atom. The van der Waals surface area contributed by atoms with E-state index in [9.17, 15) is 25.5 Å². The van der Waals surface area contributed by atoms with Crippen LogP contribution in [0.1, 0.15) is 18.4 Å². The second kappa shape index (κ2) is 7.20. The molecule has 0 aliphatic carbocycles. The van der Waals surface area contributed by atoms with E-state index in [0.717, 1.165) is 5.56 Å². The maximum absolute atomic E-state index is 10.0. The van der Waals surface area contributed by atoms with Gasteiger partial charge in [-0.2, -0.15) is 0 Å². The average Bonchev–Trinajstić information content (AvgIpc) is 2.47. The third-order valence-electron chi connectivity index (χ3n) is 3.85. The van der Waals surface area contributed by atoms with E-state index in [2.05, 4.69) is 0 Å². The Kier molecular flexibility index (Phi) is 5.55. The molecule has 0 aromatic heterocycles. The average molecular weight is 298 g/mol. The molecule has 0 spiro atoms. The molecule has 0 radical (unpaired) electrons. The highest BCUT2D eigenvalue weighted by molar-refractivity contribution is 5.31.